The number of sulfonamides is 2. The summed E-state index contributed by atoms with van der Waals surface area (Å²) in [5.41, 5.74) is 2.27. The van der Waals surface area contributed by atoms with Crippen LogP contribution in [0.15, 0.2) is 52.3 Å². The summed E-state index contributed by atoms with van der Waals surface area (Å²) in [7, 11) is -7.35. The summed E-state index contributed by atoms with van der Waals surface area (Å²) in [4.78, 5) is 15.9. The number of hydrogen-bond acceptors (Lipinski definition) is 7. The average Bonchev–Trinajstić information content (AvgIpc) is 3.49. The molecule has 1 amide bonds. The van der Waals surface area contributed by atoms with Crippen molar-refractivity contribution in [1.29, 1.82) is 0 Å². The van der Waals surface area contributed by atoms with Gasteiger partial charge in [-0.25, -0.2) is 16.8 Å². The van der Waals surface area contributed by atoms with Gasteiger partial charge in [-0.3, -0.25) is 4.79 Å². The van der Waals surface area contributed by atoms with Gasteiger partial charge in [0.05, 0.1) is 34.4 Å². The van der Waals surface area contributed by atoms with Crippen LogP contribution >= 0.6 is 0 Å². The van der Waals surface area contributed by atoms with Gasteiger partial charge < -0.3 is 15.0 Å². The number of carbonyl (C=O) groups excluding carboxylic acids is 1. The quantitative estimate of drug-likeness (QED) is 0.539. The lowest BCUT2D eigenvalue weighted by Gasteiger charge is -2.31. The zero-order chi connectivity index (χ0) is 27.6. The Balaban J connectivity index is 1.31. The molecule has 3 aliphatic rings. The number of hydrogen-bond donors (Lipinski definition) is 1. The molecule has 2 aromatic carbocycles. The van der Waals surface area contributed by atoms with Crippen molar-refractivity contribution < 1.29 is 26.4 Å². The number of benzene rings is 2. The lowest BCUT2D eigenvalue weighted by Crippen LogP contribution is -2.41. The van der Waals surface area contributed by atoms with E-state index in [9.17, 15) is 21.6 Å². The monoisotopic (exact) mass is 576 g/mol. The number of carbonyl (C=O) groups is 1. The van der Waals surface area contributed by atoms with Crippen LogP contribution in [-0.4, -0.2) is 83.8 Å². The van der Waals surface area contributed by atoms with Gasteiger partial charge in [0.15, 0.2) is 0 Å². The summed E-state index contributed by atoms with van der Waals surface area (Å²) in [5, 5.41) is 3.01. The van der Waals surface area contributed by atoms with Crippen molar-refractivity contribution in [2.45, 2.75) is 42.4 Å². The fourth-order valence-corrected chi connectivity index (χ4v) is 8.30. The Labute approximate surface area is 231 Å². The Morgan fingerprint density at radius 3 is 2.00 bits per heavy atom. The molecular weight excluding hydrogens is 540 g/mol. The molecule has 10 nitrogen and oxygen atoms in total. The fourth-order valence-electron chi connectivity index (χ4n) is 5.40. The van der Waals surface area contributed by atoms with Gasteiger partial charge in [-0.15, -0.1) is 0 Å². The van der Waals surface area contributed by atoms with Gasteiger partial charge >= 0.3 is 0 Å². The molecule has 1 N–H and O–H groups in total. The van der Waals surface area contributed by atoms with E-state index in [1.807, 2.05) is 6.92 Å². The molecule has 12 heteroatoms. The number of morpholine rings is 1. The van der Waals surface area contributed by atoms with Crippen molar-refractivity contribution in [2.75, 3.05) is 62.7 Å². The molecule has 0 spiro atoms. The van der Waals surface area contributed by atoms with E-state index < -0.39 is 20.0 Å². The number of amides is 1. The molecule has 0 unspecified atom stereocenters. The molecule has 5 rings (SSSR count). The van der Waals surface area contributed by atoms with Gasteiger partial charge in [-0.05, 0) is 62.9 Å². The lowest BCUT2D eigenvalue weighted by molar-refractivity contribution is -0.120. The predicted molar refractivity (Wildman–Crippen MR) is 149 cm³/mol. The first kappa shape index (κ1) is 28.0. The number of aryl methyl sites for hydroxylation is 1. The van der Waals surface area contributed by atoms with Gasteiger partial charge in [-0.1, -0.05) is 17.7 Å². The van der Waals surface area contributed by atoms with E-state index in [-0.39, 0.29) is 34.7 Å². The number of anilines is 2. The first-order chi connectivity index (χ1) is 18.7. The molecule has 3 saturated heterocycles. The molecule has 3 aliphatic heterocycles. The van der Waals surface area contributed by atoms with Crippen molar-refractivity contribution in [1.82, 2.24) is 8.61 Å². The van der Waals surface area contributed by atoms with E-state index in [4.69, 9.17) is 4.74 Å². The van der Waals surface area contributed by atoms with Crippen molar-refractivity contribution in [3.8, 4) is 0 Å². The van der Waals surface area contributed by atoms with Crippen molar-refractivity contribution >= 4 is 37.3 Å². The fraction of sp³-hybridized carbons (Fsp3) is 0.519. The second kappa shape index (κ2) is 11.5. The Morgan fingerprint density at radius 1 is 0.795 bits per heavy atom. The maximum atomic E-state index is 13.4. The normalized spacial score (nSPS) is 20.3. The van der Waals surface area contributed by atoms with Crippen LogP contribution in [0.5, 0.6) is 0 Å². The Hall–Kier alpha value is -2.51. The standard InChI is InChI=1S/C27H36N4O6S2/c1-21-4-6-23(7-5-21)38(33,34)30-14-10-22(11-15-30)27(32)28-25-20-24(8-9-26(25)29-12-2-3-13-29)39(35,36)31-16-18-37-19-17-31/h4-9,20,22H,2-3,10-19H2,1H3,(H,28,32). The van der Waals surface area contributed by atoms with Crippen LogP contribution in [0.2, 0.25) is 0 Å². The number of ether oxygens (including phenoxy) is 1. The van der Waals surface area contributed by atoms with Crippen LogP contribution in [0.3, 0.4) is 0 Å². The summed E-state index contributed by atoms with van der Waals surface area (Å²) < 4.78 is 60.9. The maximum Gasteiger partial charge on any atom is 0.243 e. The Bertz CT molecular complexity index is 1390. The van der Waals surface area contributed by atoms with Crippen LogP contribution in [0.4, 0.5) is 11.4 Å². The molecule has 3 fully saturated rings. The molecule has 39 heavy (non-hydrogen) atoms. The minimum Gasteiger partial charge on any atom is -0.379 e. The summed E-state index contributed by atoms with van der Waals surface area (Å²) in [6.07, 6.45) is 2.85. The van der Waals surface area contributed by atoms with E-state index in [1.54, 1.807) is 42.5 Å². The van der Waals surface area contributed by atoms with E-state index in [1.165, 1.54) is 8.61 Å². The molecule has 212 valence electrons. The molecule has 0 aromatic heterocycles. The zero-order valence-electron chi connectivity index (χ0n) is 22.2. The van der Waals surface area contributed by atoms with E-state index in [2.05, 4.69) is 10.2 Å². The molecule has 0 aliphatic carbocycles. The number of nitrogens with zero attached hydrogens (tertiary/aromatic N) is 3. The number of piperidine rings is 1. The molecule has 0 bridgehead atoms. The first-order valence-corrected chi connectivity index (χ1v) is 16.4. The first-order valence-electron chi connectivity index (χ1n) is 13.5. The van der Waals surface area contributed by atoms with Crippen LogP contribution < -0.4 is 10.2 Å². The summed E-state index contributed by atoms with van der Waals surface area (Å²) >= 11 is 0. The molecular formula is C27H36N4O6S2. The largest absolute Gasteiger partial charge is 0.379 e. The molecule has 0 radical (unpaired) electrons. The van der Waals surface area contributed by atoms with E-state index in [0.29, 0.717) is 44.8 Å². The van der Waals surface area contributed by atoms with Crippen LogP contribution in [-0.2, 0) is 29.6 Å². The van der Waals surface area contributed by atoms with Crippen LogP contribution in [0.25, 0.3) is 0 Å². The third-order valence-corrected chi connectivity index (χ3v) is 11.6. The van der Waals surface area contributed by atoms with Gasteiger partial charge in [0.25, 0.3) is 0 Å². The Morgan fingerprint density at radius 2 is 1.36 bits per heavy atom. The maximum absolute atomic E-state index is 13.4. The van der Waals surface area contributed by atoms with Crippen LogP contribution in [0.1, 0.15) is 31.2 Å². The summed E-state index contributed by atoms with van der Waals surface area (Å²) in [6.45, 7) is 5.38. The minimum atomic E-state index is -3.73. The average molecular weight is 577 g/mol. The predicted octanol–water partition coefficient (Wildman–Crippen LogP) is 2.66. The summed E-state index contributed by atoms with van der Waals surface area (Å²) in [6, 6.07) is 11.7. The highest BCUT2D eigenvalue weighted by molar-refractivity contribution is 7.89. The van der Waals surface area contributed by atoms with Gasteiger partial charge in [-0.2, -0.15) is 8.61 Å². The molecule has 0 atom stereocenters. The minimum absolute atomic E-state index is 0.140. The molecule has 2 aromatic rings. The third kappa shape index (κ3) is 5.99. The van der Waals surface area contributed by atoms with Crippen molar-refractivity contribution in [3.05, 3.63) is 48.0 Å². The molecule has 0 saturated carbocycles. The molecule has 3 heterocycles. The van der Waals surface area contributed by atoms with Gasteiger partial charge in [0.2, 0.25) is 26.0 Å². The van der Waals surface area contributed by atoms with Crippen molar-refractivity contribution in [2.24, 2.45) is 5.92 Å². The summed E-state index contributed by atoms with van der Waals surface area (Å²) in [5.74, 6) is -0.593. The smallest absolute Gasteiger partial charge is 0.243 e. The lowest BCUT2D eigenvalue weighted by atomic mass is 9.97. The number of rotatable bonds is 7. The zero-order valence-corrected chi connectivity index (χ0v) is 23.8. The number of nitrogens with one attached hydrogen (secondary N) is 1. The van der Waals surface area contributed by atoms with Crippen molar-refractivity contribution in [3.63, 3.8) is 0 Å². The van der Waals surface area contributed by atoms with Gasteiger partial charge in [0.1, 0.15) is 0 Å². The Kier molecular flexibility index (Phi) is 8.29. The van der Waals surface area contributed by atoms with Gasteiger partial charge in [0, 0.05) is 45.2 Å². The van der Waals surface area contributed by atoms with E-state index in [0.717, 1.165) is 37.2 Å². The second-order valence-electron chi connectivity index (χ2n) is 10.4. The SMILES string of the molecule is Cc1ccc(S(=O)(=O)N2CCC(C(=O)Nc3cc(S(=O)(=O)N4CCOCC4)ccc3N3CCCC3)CC2)cc1. The highest BCUT2D eigenvalue weighted by Gasteiger charge is 2.33. The van der Waals surface area contributed by atoms with Crippen LogP contribution in [0, 0.1) is 12.8 Å². The highest BCUT2D eigenvalue weighted by atomic mass is 32.2. The second-order valence-corrected chi connectivity index (χ2v) is 14.2. The third-order valence-electron chi connectivity index (χ3n) is 7.76. The van der Waals surface area contributed by atoms with E-state index >= 15 is 0 Å². The highest BCUT2D eigenvalue weighted by Crippen LogP contribution is 2.34. The topological polar surface area (TPSA) is 116 Å².